The van der Waals surface area contributed by atoms with Crippen molar-refractivity contribution in [2.75, 3.05) is 26.2 Å². The fraction of sp³-hybridized carbons (Fsp3) is 0.462. The van der Waals surface area contributed by atoms with Gasteiger partial charge in [-0.25, -0.2) is 9.37 Å². The molecule has 0 bridgehead atoms. The highest BCUT2D eigenvalue weighted by Gasteiger charge is 2.12. The predicted molar refractivity (Wildman–Crippen MR) is 67.9 cm³/mol. The molecule has 3 rings (SSSR count). The van der Waals surface area contributed by atoms with E-state index in [1.807, 2.05) is 10.6 Å². The molecule has 18 heavy (non-hydrogen) atoms. The Morgan fingerprint density at radius 2 is 2.22 bits per heavy atom. The number of nitrogens with zero attached hydrogens (tertiary/aromatic N) is 3. The van der Waals surface area contributed by atoms with Gasteiger partial charge in [-0.1, -0.05) is 0 Å². The minimum absolute atomic E-state index is 0.223. The molecule has 0 saturated carbocycles. The molecule has 0 atom stereocenters. The summed E-state index contributed by atoms with van der Waals surface area (Å²) in [6, 6.07) is 3.16. The smallest absolute Gasteiger partial charge is 0.139 e. The SMILES string of the molecule is Fc1ccc2ncc(CN3CCCNCC3)n2c1. The summed E-state index contributed by atoms with van der Waals surface area (Å²) in [6.07, 6.45) is 4.51. The first kappa shape index (κ1) is 11.6. The number of imidazole rings is 1. The third-order valence-electron chi connectivity index (χ3n) is 3.36. The molecule has 2 aromatic heterocycles. The van der Waals surface area contributed by atoms with Gasteiger partial charge in [0.25, 0.3) is 0 Å². The predicted octanol–water partition coefficient (Wildman–Crippen LogP) is 1.27. The van der Waals surface area contributed by atoms with Crippen molar-refractivity contribution in [3.63, 3.8) is 0 Å². The molecule has 1 saturated heterocycles. The normalized spacial score (nSPS) is 18.1. The van der Waals surface area contributed by atoms with Gasteiger partial charge in [-0.2, -0.15) is 0 Å². The van der Waals surface area contributed by atoms with Crippen LogP contribution in [0.5, 0.6) is 0 Å². The van der Waals surface area contributed by atoms with Crippen molar-refractivity contribution >= 4 is 5.65 Å². The van der Waals surface area contributed by atoms with E-state index < -0.39 is 0 Å². The molecule has 0 unspecified atom stereocenters. The highest BCUT2D eigenvalue weighted by Crippen LogP contribution is 2.11. The summed E-state index contributed by atoms with van der Waals surface area (Å²) in [5.74, 6) is -0.223. The van der Waals surface area contributed by atoms with Crippen molar-refractivity contribution in [2.45, 2.75) is 13.0 Å². The highest BCUT2D eigenvalue weighted by atomic mass is 19.1. The molecule has 4 nitrogen and oxygen atoms in total. The van der Waals surface area contributed by atoms with Crippen LogP contribution in [0.25, 0.3) is 5.65 Å². The van der Waals surface area contributed by atoms with E-state index >= 15 is 0 Å². The zero-order valence-electron chi connectivity index (χ0n) is 10.3. The maximum atomic E-state index is 13.3. The van der Waals surface area contributed by atoms with Crippen LogP contribution < -0.4 is 5.32 Å². The molecule has 5 heteroatoms. The number of aromatic nitrogens is 2. The van der Waals surface area contributed by atoms with Gasteiger partial charge in [0.05, 0.1) is 11.9 Å². The Labute approximate surface area is 105 Å². The summed E-state index contributed by atoms with van der Waals surface area (Å²) in [5.41, 5.74) is 1.85. The summed E-state index contributed by atoms with van der Waals surface area (Å²) in [7, 11) is 0. The van der Waals surface area contributed by atoms with Crippen molar-refractivity contribution < 1.29 is 4.39 Å². The summed E-state index contributed by atoms with van der Waals surface area (Å²) in [6.45, 7) is 5.04. The lowest BCUT2D eigenvalue weighted by Gasteiger charge is -2.18. The highest BCUT2D eigenvalue weighted by molar-refractivity contribution is 5.40. The van der Waals surface area contributed by atoms with E-state index in [0.29, 0.717) is 0 Å². The molecule has 1 N–H and O–H groups in total. The van der Waals surface area contributed by atoms with Crippen LogP contribution in [0.15, 0.2) is 24.5 Å². The van der Waals surface area contributed by atoms with Crippen LogP contribution in [-0.4, -0.2) is 40.5 Å². The van der Waals surface area contributed by atoms with Crippen LogP contribution in [-0.2, 0) is 6.54 Å². The molecular formula is C13H17FN4. The zero-order chi connectivity index (χ0) is 12.4. The molecule has 1 fully saturated rings. The first-order valence-electron chi connectivity index (χ1n) is 6.37. The van der Waals surface area contributed by atoms with Crippen molar-refractivity contribution in [1.82, 2.24) is 19.6 Å². The Hall–Kier alpha value is -1.46. The lowest BCUT2D eigenvalue weighted by atomic mass is 10.3. The molecule has 1 aliphatic rings. The quantitative estimate of drug-likeness (QED) is 0.868. The monoisotopic (exact) mass is 248 g/mol. The Kier molecular flexibility index (Phi) is 3.25. The maximum Gasteiger partial charge on any atom is 0.139 e. The lowest BCUT2D eigenvalue weighted by Crippen LogP contribution is -2.28. The molecule has 0 aromatic carbocycles. The number of hydrogen-bond acceptors (Lipinski definition) is 3. The first-order chi connectivity index (χ1) is 8.83. The van der Waals surface area contributed by atoms with E-state index in [9.17, 15) is 4.39 Å². The second-order valence-corrected chi connectivity index (χ2v) is 4.70. The third kappa shape index (κ3) is 2.37. The molecule has 0 spiro atoms. The summed E-state index contributed by atoms with van der Waals surface area (Å²) >= 11 is 0. The largest absolute Gasteiger partial charge is 0.315 e. The summed E-state index contributed by atoms with van der Waals surface area (Å²) in [4.78, 5) is 6.69. The number of fused-ring (bicyclic) bond motifs is 1. The number of pyridine rings is 1. The van der Waals surface area contributed by atoms with E-state index in [1.165, 1.54) is 12.3 Å². The Bertz CT molecular complexity index is 529. The molecular weight excluding hydrogens is 231 g/mol. The van der Waals surface area contributed by atoms with Gasteiger partial charge in [0.2, 0.25) is 0 Å². The van der Waals surface area contributed by atoms with Crippen LogP contribution in [0.4, 0.5) is 4.39 Å². The first-order valence-corrected chi connectivity index (χ1v) is 6.37. The van der Waals surface area contributed by atoms with Gasteiger partial charge in [-0.3, -0.25) is 9.30 Å². The van der Waals surface area contributed by atoms with E-state index in [1.54, 1.807) is 6.07 Å². The molecule has 0 aliphatic carbocycles. The maximum absolute atomic E-state index is 13.3. The number of rotatable bonds is 2. The van der Waals surface area contributed by atoms with Gasteiger partial charge in [0, 0.05) is 25.8 Å². The van der Waals surface area contributed by atoms with Gasteiger partial charge >= 0.3 is 0 Å². The number of halogens is 1. The van der Waals surface area contributed by atoms with Gasteiger partial charge in [-0.05, 0) is 31.6 Å². The molecule has 3 heterocycles. The second-order valence-electron chi connectivity index (χ2n) is 4.70. The van der Waals surface area contributed by atoms with Gasteiger partial charge in [0.1, 0.15) is 11.5 Å². The van der Waals surface area contributed by atoms with Crippen LogP contribution in [0.3, 0.4) is 0 Å². The fourth-order valence-electron chi connectivity index (χ4n) is 2.41. The van der Waals surface area contributed by atoms with Crippen molar-refractivity contribution in [1.29, 1.82) is 0 Å². The van der Waals surface area contributed by atoms with E-state index in [-0.39, 0.29) is 5.82 Å². The van der Waals surface area contributed by atoms with Crippen LogP contribution in [0, 0.1) is 5.82 Å². The van der Waals surface area contributed by atoms with Gasteiger partial charge in [0.15, 0.2) is 0 Å². The molecule has 0 radical (unpaired) electrons. The van der Waals surface area contributed by atoms with Crippen LogP contribution in [0.2, 0.25) is 0 Å². The topological polar surface area (TPSA) is 32.6 Å². The second kappa shape index (κ2) is 5.04. The molecule has 96 valence electrons. The third-order valence-corrected chi connectivity index (χ3v) is 3.36. The number of hydrogen-bond donors (Lipinski definition) is 1. The number of nitrogens with one attached hydrogen (secondary N) is 1. The zero-order valence-corrected chi connectivity index (χ0v) is 10.3. The molecule has 0 amide bonds. The van der Waals surface area contributed by atoms with Crippen molar-refractivity contribution in [3.05, 3.63) is 36.0 Å². The Balaban J connectivity index is 1.83. The van der Waals surface area contributed by atoms with Gasteiger partial charge in [-0.15, -0.1) is 0 Å². The standard InChI is InChI=1S/C13H17FN4/c14-11-2-3-13-16-8-12(18(13)9-11)10-17-6-1-4-15-5-7-17/h2-3,8-9,15H,1,4-7,10H2. The Morgan fingerprint density at radius 1 is 1.28 bits per heavy atom. The van der Waals surface area contributed by atoms with Crippen LogP contribution in [0.1, 0.15) is 12.1 Å². The lowest BCUT2D eigenvalue weighted by molar-refractivity contribution is 0.280. The molecule has 1 aliphatic heterocycles. The van der Waals surface area contributed by atoms with E-state index in [0.717, 1.165) is 50.5 Å². The molecule has 2 aromatic rings. The minimum Gasteiger partial charge on any atom is -0.315 e. The average Bonchev–Trinajstić information content (AvgIpc) is 2.60. The van der Waals surface area contributed by atoms with E-state index in [4.69, 9.17) is 0 Å². The summed E-state index contributed by atoms with van der Waals surface area (Å²) < 4.78 is 15.1. The average molecular weight is 248 g/mol. The van der Waals surface area contributed by atoms with Crippen molar-refractivity contribution in [2.24, 2.45) is 0 Å². The van der Waals surface area contributed by atoms with Gasteiger partial charge < -0.3 is 5.32 Å². The van der Waals surface area contributed by atoms with E-state index in [2.05, 4.69) is 15.2 Å². The summed E-state index contributed by atoms with van der Waals surface area (Å²) in [5, 5.41) is 3.38. The fourth-order valence-corrected chi connectivity index (χ4v) is 2.41. The Morgan fingerprint density at radius 3 is 3.17 bits per heavy atom. The van der Waals surface area contributed by atoms with Crippen LogP contribution >= 0.6 is 0 Å². The minimum atomic E-state index is -0.223. The van der Waals surface area contributed by atoms with Crippen molar-refractivity contribution in [3.8, 4) is 0 Å².